The third kappa shape index (κ3) is 1.68. The van der Waals surface area contributed by atoms with Crippen LogP contribution in [0, 0.1) is 0 Å². The predicted molar refractivity (Wildman–Crippen MR) is 74.8 cm³/mol. The Morgan fingerprint density at radius 1 is 1.16 bits per heavy atom. The summed E-state index contributed by atoms with van der Waals surface area (Å²) in [6.07, 6.45) is 4.38. The minimum Gasteiger partial charge on any atom is -0.384 e. The van der Waals surface area contributed by atoms with Crippen LogP contribution in [0.2, 0.25) is 0 Å². The first-order valence-corrected chi connectivity index (χ1v) is 6.52. The zero-order chi connectivity index (χ0) is 12.8. The van der Waals surface area contributed by atoms with Crippen molar-refractivity contribution in [1.29, 1.82) is 0 Å². The number of hydrogen-bond donors (Lipinski definition) is 1. The summed E-state index contributed by atoms with van der Waals surface area (Å²) in [6.45, 7) is 0. The number of aromatic nitrogens is 3. The van der Waals surface area contributed by atoms with Crippen LogP contribution in [0.15, 0.2) is 42.6 Å². The quantitative estimate of drug-likeness (QED) is 0.760. The van der Waals surface area contributed by atoms with Crippen LogP contribution in [-0.2, 0) is 0 Å². The number of benzene rings is 1. The molecule has 1 fully saturated rings. The maximum absolute atomic E-state index is 6.09. The fourth-order valence-corrected chi connectivity index (χ4v) is 2.44. The lowest BCUT2D eigenvalue weighted by molar-refractivity contribution is 0.953. The molecule has 0 amide bonds. The SMILES string of the molecule is Nc1cc(-c2ccccc2)nc2c(C3CC3)cnn12. The van der Waals surface area contributed by atoms with Gasteiger partial charge in [-0.05, 0) is 18.8 Å². The number of anilines is 1. The van der Waals surface area contributed by atoms with Crippen molar-refractivity contribution >= 4 is 11.5 Å². The van der Waals surface area contributed by atoms with Crippen LogP contribution in [0.4, 0.5) is 5.82 Å². The van der Waals surface area contributed by atoms with Crippen LogP contribution < -0.4 is 5.73 Å². The average Bonchev–Trinajstić information content (AvgIpc) is 3.19. The molecule has 94 valence electrons. The number of nitrogens with zero attached hydrogens (tertiary/aromatic N) is 3. The Morgan fingerprint density at radius 2 is 1.95 bits per heavy atom. The second kappa shape index (κ2) is 3.82. The molecule has 1 saturated carbocycles. The molecule has 1 aliphatic carbocycles. The Hall–Kier alpha value is -2.36. The highest BCUT2D eigenvalue weighted by molar-refractivity contribution is 5.67. The van der Waals surface area contributed by atoms with Crippen LogP contribution in [0.25, 0.3) is 16.9 Å². The molecular weight excluding hydrogens is 236 g/mol. The molecule has 2 N–H and O–H groups in total. The van der Waals surface area contributed by atoms with E-state index >= 15 is 0 Å². The van der Waals surface area contributed by atoms with Gasteiger partial charge >= 0.3 is 0 Å². The molecule has 1 aromatic carbocycles. The smallest absolute Gasteiger partial charge is 0.161 e. The Morgan fingerprint density at radius 3 is 2.68 bits per heavy atom. The number of fused-ring (bicyclic) bond motifs is 1. The largest absolute Gasteiger partial charge is 0.384 e. The van der Waals surface area contributed by atoms with E-state index in [0.717, 1.165) is 16.9 Å². The highest BCUT2D eigenvalue weighted by Gasteiger charge is 2.28. The molecule has 4 rings (SSSR count). The number of nitrogens with two attached hydrogens (primary N) is 1. The van der Waals surface area contributed by atoms with Crippen LogP contribution in [-0.4, -0.2) is 14.6 Å². The van der Waals surface area contributed by atoms with Crippen molar-refractivity contribution in [3.63, 3.8) is 0 Å². The summed E-state index contributed by atoms with van der Waals surface area (Å²) in [6, 6.07) is 12.0. The topological polar surface area (TPSA) is 56.2 Å². The van der Waals surface area contributed by atoms with E-state index in [2.05, 4.69) is 5.10 Å². The summed E-state index contributed by atoms with van der Waals surface area (Å²) in [5.41, 5.74) is 10.2. The molecule has 19 heavy (non-hydrogen) atoms. The summed E-state index contributed by atoms with van der Waals surface area (Å²) in [7, 11) is 0. The normalized spacial score (nSPS) is 14.9. The minimum atomic E-state index is 0.621. The molecule has 0 spiro atoms. The van der Waals surface area contributed by atoms with Crippen molar-refractivity contribution in [2.75, 3.05) is 5.73 Å². The van der Waals surface area contributed by atoms with Gasteiger partial charge in [-0.3, -0.25) is 0 Å². The van der Waals surface area contributed by atoms with Gasteiger partial charge in [-0.15, -0.1) is 0 Å². The van der Waals surface area contributed by atoms with Gasteiger partial charge < -0.3 is 5.73 Å². The molecule has 0 unspecified atom stereocenters. The van der Waals surface area contributed by atoms with Crippen molar-refractivity contribution in [2.24, 2.45) is 0 Å². The summed E-state index contributed by atoms with van der Waals surface area (Å²) in [5, 5.41) is 4.34. The molecule has 0 saturated heterocycles. The lowest BCUT2D eigenvalue weighted by Gasteiger charge is -2.05. The molecule has 1 aliphatic rings. The zero-order valence-electron chi connectivity index (χ0n) is 10.5. The number of nitrogen functional groups attached to an aromatic ring is 1. The fraction of sp³-hybridized carbons (Fsp3) is 0.200. The second-order valence-electron chi connectivity index (χ2n) is 5.04. The Bertz CT molecular complexity index is 741. The lowest BCUT2D eigenvalue weighted by atomic mass is 10.1. The van der Waals surface area contributed by atoms with Crippen molar-refractivity contribution in [1.82, 2.24) is 14.6 Å². The third-order valence-corrected chi connectivity index (χ3v) is 3.61. The number of hydrogen-bond acceptors (Lipinski definition) is 3. The van der Waals surface area contributed by atoms with Gasteiger partial charge in [0.1, 0.15) is 5.82 Å². The fourth-order valence-electron chi connectivity index (χ4n) is 2.44. The standard InChI is InChI=1S/C15H14N4/c16-14-8-13(11-4-2-1-3-5-11)18-15-12(10-6-7-10)9-17-19(14)15/h1-5,8-10H,6-7,16H2. The first-order chi connectivity index (χ1) is 9.33. The van der Waals surface area contributed by atoms with E-state index in [1.165, 1.54) is 18.4 Å². The molecule has 0 radical (unpaired) electrons. The molecular formula is C15H14N4. The van der Waals surface area contributed by atoms with Gasteiger partial charge in [0.15, 0.2) is 5.65 Å². The lowest BCUT2D eigenvalue weighted by Crippen LogP contribution is -2.01. The molecule has 0 atom stereocenters. The molecule has 4 nitrogen and oxygen atoms in total. The Kier molecular flexibility index (Phi) is 2.12. The minimum absolute atomic E-state index is 0.621. The summed E-state index contributed by atoms with van der Waals surface area (Å²) < 4.78 is 1.74. The van der Waals surface area contributed by atoms with Gasteiger partial charge in [-0.25, -0.2) is 4.98 Å². The first kappa shape index (κ1) is 10.6. The first-order valence-electron chi connectivity index (χ1n) is 6.52. The van der Waals surface area contributed by atoms with Crippen molar-refractivity contribution in [2.45, 2.75) is 18.8 Å². The van der Waals surface area contributed by atoms with Crippen LogP contribution in [0.5, 0.6) is 0 Å². The molecule has 0 bridgehead atoms. The van der Waals surface area contributed by atoms with E-state index in [9.17, 15) is 0 Å². The van der Waals surface area contributed by atoms with Crippen molar-refractivity contribution in [3.8, 4) is 11.3 Å². The third-order valence-electron chi connectivity index (χ3n) is 3.61. The van der Waals surface area contributed by atoms with E-state index in [4.69, 9.17) is 10.7 Å². The highest BCUT2D eigenvalue weighted by atomic mass is 15.3. The summed E-state index contributed by atoms with van der Waals surface area (Å²) >= 11 is 0. The van der Waals surface area contributed by atoms with E-state index in [1.807, 2.05) is 42.6 Å². The summed E-state index contributed by atoms with van der Waals surface area (Å²) in [4.78, 5) is 4.75. The zero-order valence-corrected chi connectivity index (χ0v) is 10.5. The highest BCUT2D eigenvalue weighted by Crippen LogP contribution is 2.42. The van der Waals surface area contributed by atoms with Gasteiger partial charge in [0.2, 0.25) is 0 Å². The van der Waals surface area contributed by atoms with Gasteiger partial charge in [0, 0.05) is 17.2 Å². The Balaban J connectivity index is 1.95. The average molecular weight is 250 g/mol. The van der Waals surface area contributed by atoms with Gasteiger partial charge in [-0.1, -0.05) is 30.3 Å². The summed E-state index contributed by atoms with van der Waals surface area (Å²) in [5.74, 6) is 1.26. The van der Waals surface area contributed by atoms with E-state index in [0.29, 0.717) is 11.7 Å². The molecule has 4 heteroatoms. The van der Waals surface area contributed by atoms with Crippen LogP contribution in [0.1, 0.15) is 24.3 Å². The molecule has 2 heterocycles. The molecule has 3 aromatic rings. The monoisotopic (exact) mass is 250 g/mol. The van der Waals surface area contributed by atoms with Crippen LogP contribution >= 0.6 is 0 Å². The maximum atomic E-state index is 6.09. The molecule has 0 aliphatic heterocycles. The van der Waals surface area contributed by atoms with Gasteiger partial charge in [-0.2, -0.15) is 9.61 Å². The number of rotatable bonds is 2. The van der Waals surface area contributed by atoms with Crippen molar-refractivity contribution in [3.05, 3.63) is 48.2 Å². The van der Waals surface area contributed by atoms with Crippen molar-refractivity contribution < 1.29 is 0 Å². The second-order valence-corrected chi connectivity index (χ2v) is 5.04. The predicted octanol–water partition coefficient (Wildman–Crippen LogP) is 2.86. The van der Waals surface area contributed by atoms with Gasteiger partial charge in [0.05, 0.1) is 11.9 Å². The maximum Gasteiger partial charge on any atom is 0.161 e. The van der Waals surface area contributed by atoms with E-state index < -0.39 is 0 Å². The van der Waals surface area contributed by atoms with E-state index in [-0.39, 0.29) is 0 Å². The van der Waals surface area contributed by atoms with Crippen LogP contribution in [0.3, 0.4) is 0 Å². The molecule has 2 aromatic heterocycles. The Labute approximate surface area is 110 Å². The van der Waals surface area contributed by atoms with Gasteiger partial charge in [0.25, 0.3) is 0 Å². The van der Waals surface area contributed by atoms with E-state index in [1.54, 1.807) is 4.52 Å².